The highest BCUT2D eigenvalue weighted by atomic mass is 16.5. The van der Waals surface area contributed by atoms with Crippen molar-refractivity contribution in [3.05, 3.63) is 113 Å². The molecule has 0 unspecified atom stereocenters. The van der Waals surface area contributed by atoms with Crippen LogP contribution < -0.4 is 0 Å². The van der Waals surface area contributed by atoms with Gasteiger partial charge in [0.2, 0.25) is 0 Å². The lowest BCUT2D eigenvalue weighted by atomic mass is 10.1. The minimum absolute atomic E-state index is 0.116. The molecule has 2 amide bonds. The summed E-state index contributed by atoms with van der Waals surface area (Å²) in [6.45, 7) is 3.13. The highest BCUT2D eigenvalue weighted by Crippen LogP contribution is 2.29. The van der Waals surface area contributed by atoms with Gasteiger partial charge in [-0.05, 0) is 30.2 Å². The zero-order valence-electron chi connectivity index (χ0n) is 21.2. The van der Waals surface area contributed by atoms with Crippen molar-refractivity contribution in [2.75, 3.05) is 6.61 Å². The maximum atomic E-state index is 13.7. The number of hydrogen-bond donors (Lipinski definition) is 0. The number of aryl methyl sites for hydroxylation is 1. The number of carbonyl (C=O) groups is 3. The van der Waals surface area contributed by atoms with Gasteiger partial charge >= 0.3 is 5.97 Å². The van der Waals surface area contributed by atoms with Gasteiger partial charge in [0.25, 0.3) is 11.8 Å². The molecule has 0 bridgehead atoms. The number of rotatable bonds is 9. The summed E-state index contributed by atoms with van der Waals surface area (Å²) in [4.78, 5) is 39.3. The fourth-order valence-corrected chi connectivity index (χ4v) is 4.71. The molecule has 0 spiro atoms. The second-order valence-electron chi connectivity index (χ2n) is 9.10. The van der Waals surface area contributed by atoms with Crippen LogP contribution >= 0.6 is 0 Å². The predicted molar refractivity (Wildman–Crippen MR) is 145 cm³/mol. The minimum Gasteiger partial charge on any atom is -0.466 e. The van der Waals surface area contributed by atoms with E-state index in [2.05, 4.69) is 0 Å². The fraction of sp³-hybridized carbons (Fsp3) is 0.194. The Kier molecular flexibility index (Phi) is 7.35. The highest BCUT2D eigenvalue weighted by Gasteiger charge is 2.41. The first-order valence-corrected chi connectivity index (χ1v) is 12.7. The summed E-state index contributed by atoms with van der Waals surface area (Å²) in [5.41, 5.74) is 3.66. The lowest BCUT2D eigenvalue weighted by molar-refractivity contribution is -0.149. The van der Waals surface area contributed by atoms with Gasteiger partial charge in [0, 0.05) is 29.2 Å². The van der Waals surface area contributed by atoms with E-state index in [9.17, 15) is 14.4 Å². The number of hydrazine groups is 1. The monoisotopic (exact) mass is 507 g/mol. The van der Waals surface area contributed by atoms with Crippen molar-refractivity contribution in [1.82, 2.24) is 14.6 Å². The summed E-state index contributed by atoms with van der Waals surface area (Å²) in [6.07, 6.45) is 3.80. The van der Waals surface area contributed by atoms with E-state index in [1.807, 2.05) is 95.7 Å². The zero-order chi connectivity index (χ0) is 26.5. The molecular formula is C31H29N3O4. The van der Waals surface area contributed by atoms with Crippen LogP contribution in [0.1, 0.15) is 30.0 Å². The van der Waals surface area contributed by atoms with Gasteiger partial charge in [-0.3, -0.25) is 14.4 Å². The Morgan fingerprint density at radius 2 is 1.34 bits per heavy atom. The summed E-state index contributed by atoms with van der Waals surface area (Å²) in [5, 5.41) is 3.95. The SMILES string of the molecule is CCOC(=O)CCn1cc(C=C2C(=O)N(Cc3ccccc3)N(Cc3ccccc3)C2=O)c2ccccc21. The van der Waals surface area contributed by atoms with Crippen LogP contribution in [0.15, 0.2) is 96.7 Å². The summed E-state index contributed by atoms with van der Waals surface area (Å²) in [5.74, 6) is -0.935. The van der Waals surface area contributed by atoms with Gasteiger partial charge in [-0.2, -0.15) is 0 Å². The lowest BCUT2D eigenvalue weighted by Gasteiger charge is -2.27. The quantitative estimate of drug-likeness (QED) is 0.182. The molecule has 2 heterocycles. The van der Waals surface area contributed by atoms with Crippen LogP contribution in [-0.4, -0.2) is 39.0 Å². The summed E-state index contributed by atoms with van der Waals surface area (Å²) in [6, 6.07) is 27.0. The lowest BCUT2D eigenvalue weighted by Crippen LogP contribution is -2.39. The molecule has 7 nitrogen and oxygen atoms in total. The molecule has 1 saturated heterocycles. The molecule has 1 fully saturated rings. The number of fused-ring (bicyclic) bond motifs is 1. The van der Waals surface area contributed by atoms with E-state index < -0.39 is 0 Å². The van der Waals surface area contributed by atoms with Crippen LogP contribution in [0.25, 0.3) is 17.0 Å². The molecule has 4 aromatic rings. The second-order valence-corrected chi connectivity index (χ2v) is 9.10. The molecule has 3 aromatic carbocycles. The van der Waals surface area contributed by atoms with E-state index in [-0.39, 0.29) is 42.9 Å². The van der Waals surface area contributed by atoms with Gasteiger partial charge in [0.05, 0.1) is 26.1 Å². The number of nitrogens with zero attached hydrogens (tertiary/aromatic N) is 3. The molecule has 0 N–H and O–H groups in total. The number of para-hydroxylation sites is 1. The Labute approximate surface area is 221 Å². The third-order valence-electron chi connectivity index (χ3n) is 6.55. The Bertz CT molecular complexity index is 1430. The molecule has 7 heteroatoms. The van der Waals surface area contributed by atoms with E-state index >= 15 is 0 Å². The summed E-state index contributed by atoms with van der Waals surface area (Å²) in [7, 11) is 0. The standard InChI is InChI=1S/C31H29N3O4/c1-2-38-29(35)17-18-32-22-25(26-15-9-10-16-28(26)32)19-27-30(36)33(20-23-11-5-3-6-12-23)34(31(27)37)21-24-13-7-4-8-14-24/h3-16,19,22H,2,17-18,20-21H2,1H3. The van der Waals surface area contributed by atoms with Gasteiger partial charge < -0.3 is 9.30 Å². The smallest absolute Gasteiger partial charge is 0.307 e. The molecule has 0 radical (unpaired) electrons. The largest absolute Gasteiger partial charge is 0.466 e. The third-order valence-corrected chi connectivity index (χ3v) is 6.55. The van der Waals surface area contributed by atoms with Gasteiger partial charge in [-0.15, -0.1) is 0 Å². The van der Waals surface area contributed by atoms with Crippen molar-refractivity contribution < 1.29 is 19.1 Å². The molecule has 192 valence electrons. The number of aromatic nitrogens is 1. The molecule has 5 rings (SSSR count). The number of esters is 1. The highest BCUT2D eigenvalue weighted by molar-refractivity contribution is 6.25. The van der Waals surface area contributed by atoms with E-state index in [1.165, 1.54) is 10.0 Å². The zero-order valence-corrected chi connectivity index (χ0v) is 21.2. The summed E-state index contributed by atoms with van der Waals surface area (Å²) >= 11 is 0. The molecule has 1 aliphatic rings. The van der Waals surface area contributed by atoms with Gasteiger partial charge in [-0.1, -0.05) is 78.9 Å². The van der Waals surface area contributed by atoms with Gasteiger partial charge in [-0.25, -0.2) is 10.0 Å². The van der Waals surface area contributed by atoms with Crippen LogP contribution in [0.2, 0.25) is 0 Å². The Morgan fingerprint density at radius 1 is 0.789 bits per heavy atom. The maximum absolute atomic E-state index is 13.7. The topological polar surface area (TPSA) is 71.8 Å². The van der Waals surface area contributed by atoms with Crippen LogP contribution in [0, 0.1) is 0 Å². The normalized spacial score (nSPS) is 13.4. The van der Waals surface area contributed by atoms with Crippen molar-refractivity contribution in [3.8, 4) is 0 Å². The van der Waals surface area contributed by atoms with E-state index in [0.717, 1.165) is 27.6 Å². The molecular weight excluding hydrogens is 478 g/mol. The van der Waals surface area contributed by atoms with Crippen molar-refractivity contribution in [2.45, 2.75) is 33.0 Å². The minimum atomic E-state index is -0.335. The van der Waals surface area contributed by atoms with Gasteiger partial charge in [0.15, 0.2) is 0 Å². The third kappa shape index (κ3) is 5.22. The first kappa shape index (κ1) is 25.0. The molecule has 38 heavy (non-hydrogen) atoms. The average Bonchev–Trinajstić information content (AvgIpc) is 3.39. The van der Waals surface area contributed by atoms with Gasteiger partial charge in [0.1, 0.15) is 5.57 Å². The first-order valence-electron chi connectivity index (χ1n) is 12.7. The Morgan fingerprint density at radius 3 is 1.92 bits per heavy atom. The van der Waals surface area contributed by atoms with E-state index in [0.29, 0.717) is 13.2 Å². The number of amides is 2. The first-order chi connectivity index (χ1) is 18.5. The van der Waals surface area contributed by atoms with E-state index in [4.69, 9.17) is 4.74 Å². The summed E-state index contributed by atoms with van der Waals surface area (Å²) < 4.78 is 7.04. The fourth-order valence-electron chi connectivity index (χ4n) is 4.71. The number of hydrogen-bond acceptors (Lipinski definition) is 4. The van der Waals surface area contributed by atoms with Crippen molar-refractivity contribution in [1.29, 1.82) is 0 Å². The number of benzene rings is 3. The van der Waals surface area contributed by atoms with Crippen LogP contribution in [0.3, 0.4) is 0 Å². The van der Waals surface area contributed by atoms with Crippen molar-refractivity contribution >= 4 is 34.8 Å². The van der Waals surface area contributed by atoms with E-state index in [1.54, 1.807) is 13.0 Å². The molecule has 0 aliphatic carbocycles. The molecule has 0 atom stereocenters. The van der Waals surface area contributed by atoms with Crippen molar-refractivity contribution in [3.63, 3.8) is 0 Å². The molecule has 0 saturated carbocycles. The van der Waals surface area contributed by atoms with Crippen LogP contribution in [0.5, 0.6) is 0 Å². The number of ether oxygens (including phenoxy) is 1. The maximum Gasteiger partial charge on any atom is 0.307 e. The van der Waals surface area contributed by atoms with Crippen LogP contribution in [0.4, 0.5) is 0 Å². The predicted octanol–water partition coefficient (Wildman–Crippen LogP) is 4.96. The Balaban J connectivity index is 1.50. The van der Waals surface area contributed by atoms with Crippen molar-refractivity contribution in [2.24, 2.45) is 0 Å². The number of carbonyl (C=O) groups excluding carboxylic acids is 3. The second kappa shape index (κ2) is 11.2. The van der Waals surface area contributed by atoms with Crippen LogP contribution in [-0.2, 0) is 38.8 Å². The average molecular weight is 508 g/mol. The molecule has 1 aromatic heterocycles. The Hall–Kier alpha value is -4.65. The molecule has 1 aliphatic heterocycles.